The third kappa shape index (κ3) is 4.56. The Bertz CT molecular complexity index is 1560. The van der Waals surface area contributed by atoms with Crippen molar-refractivity contribution >= 4 is 28.8 Å². The van der Waals surface area contributed by atoms with Gasteiger partial charge in [0.1, 0.15) is 23.0 Å². The van der Waals surface area contributed by atoms with Crippen LogP contribution in [0, 0.1) is 10.1 Å². The summed E-state index contributed by atoms with van der Waals surface area (Å²) in [6.45, 7) is 0. The standard InChI is InChI=1S/C29H20N2O7/c32-22-13-9-18(10-14-22)26-25(27(33)19-5-4-6-21(17-19)31(36)37)28(34)29(35)30(26)20-11-15-24(16-12-20)38-23-7-2-1-3-8-23/h1-17,26,32-33H/b27-25-. The molecule has 9 nitrogen and oxygen atoms in total. The molecule has 1 aliphatic heterocycles. The molecule has 1 heterocycles. The zero-order chi connectivity index (χ0) is 26.8. The van der Waals surface area contributed by atoms with Crippen molar-refractivity contribution in [2.45, 2.75) is 6.04 Å². The van der Waals surface area contributed by atoms with E-state index in [1.807, 2.05) is 18.2 Å². The Morgan fingerprint density at radius 2 is 1.50 bits per heavy atom. The summed E-state index contributed by atoms with van der Waals surface area (Å²) in [5.41, 5.74) is 0.319. The van der Waals surface area contributed by atoms with Crippen LogP contribution in [0.25, 0.3) is 5.76 Å². The molecule has 1 amide bonds. The Kier molecular flexibility index (Phi) is 6.32. The highest BCUT2D eigenvalue weighted by Crippen LogP contribution is 2.43. The lowest BCUT2D eigenvalue weighted by Crippen LogP contribution is -2.29. The Hall–Kier alpha value is -5.44. The molecule has 1 fully saturated rings. The zero-order valence-electron chi connectivity index (χ0n) is 19.7. The number of phenolic OH excluding ortho intramolecular Hbond substituents is 1. The minimum atomic E-state index is -1.06. The number of non-ortho nitro benzene ring substituents is 1. The Balaban J connectivity index is 1.60. The van der Waals surface area contributed by atoms with Gasteiger partial charge in [0.2, 0.25) is 0 Å². The van der Waals surface area contributed by atoms with Crippen LogP contribution in [0.4, 0.5) is 11.4 Å². The summed E-state index contributed by atoms with van der Waals surface area (Å²) >= 11 is 0. The van der Waals surface area contributed by atoms with Gasteiger partial charge in [-0.2, -0.15) is 0 Å². The number of para-hydroxylation sites is 1. The molecule has 0 aliphatic carbocycles. The second-order valence-corrected chi connectivity index (χ2v) is 8.48. The second kappa shape index (κ2) is 9.90. The van der Waals surface area contributed by atoms with Crippen LogP contribution in [-0.4, -0.2) is 26.8 Å². The number of aliphatic hydroxyl groups is 1. The number of anilines is 1. The second-order valence-electron chi connectivity index (χ2n) is 8.48. The van der Waals surface area contributed by atoms with Crippen LogP contribution in [0.1, 0.15) is 17.2 Å². The molecule has 2 N–H and O–H groups in total. The van der Waals surface area contributed by atoms with Gasteiger partial charge in [-0.15, -0.1) is 0 Å². The number of benzene rings is 4. The molecule has 5 rings (SSSR count). The molecule has 0 bridgehead atoms. The van der Waals surface area contributed by atoms with Crippen molar-refractivity contribution in [2.24, 2.45) is 0 Å². The topological polar surface area (TPSA) is 130 Å². The number of nitrogens with zero attached hydrogens (tertiary/aromatic N) is 2. The average Bonchev–Trinajstić information content (AvgIpc) is 3.20. The third-order valence-corrected chi connectivity index (χ3v) is 6.08. The van der Waals surface area contributed by atoms with Crippen molar-refractivity contribution in [2.75, 3.05) is 4.90 Å². The monoisotopic (exact) mass is 508 g/mol. The smallest absolute Gasteiger partial charge is 0.300 e. The third-order valence-electron chi connectivity index (χ3n) is 6.08. The van der Waals surface area contributed by atoms with Crippen LogP contribution >= 0.6 is 0 Å². The van der Waals surface area contributed by atoms with E-state index in [2.05, 4.69) is 0 Å². The predicted molar refractivity (Wildman–Crippen MR) is 139 cm³/mol. The Morgan fingerprint density at radius 3 is 2.16 bits per heavy atom. The number of phenols is 1. The number of ether oxygens (including phenoxy) is 1. The number of Topliss-reactive ketones (excluding diaryl/α,β-unsaturated/α-hetero) is 1. The van der Waals surface area contributed by atoms with Gasteiger partial charge in [-0.25, -0.2) is 0 Å². The van der Waals surface area contributed by atoms with Gasteiger partial charge in [-0.3, -0.25) is 24.6 Å². The van der Waals surface area contributed by atoms with E-state index >= 15 is 0 Å². The van der Waals surface area contributed by atoms with Crippen molar-refractivity contribution in [1.29, 1.82) is 0 Å². The first-order valence-electron chi connectivity index (χ1n) is 11.5. The molecule has 9 heteroatoms. The summed E-state index contributed by atoms with van der Waals surface area (Å²) in [5, 5.41) is 32.2. The van der Waals surface area contributed by atoms with Crippen LogP contribution in [0.5, 0.6) is 17.2 Å². The molecule has 38 heavy (non-hydrogen) atoms. The van der Waals surface area contributed by atoms with Crippen LogP contribution in [0.2, 0.25) is 0 Å². The summed E-state index contributed by atoms with van der Waals surface area (Å²) < 4.78 is 5.81. The van der Waals surface area contributed by atoms with Gasteiger partial charge < -0.3 is 14.9 Å². The maximum atomic E-state index is 13.3. The number of aliphatic hydroxyl groups excluding tert-OH is 1. The Labute approximate surface area is 216 Å². The summed E-state index contributed by atoms with van der Waals surface area (Å²) in [5.74, 6) is -1.26. The fourth-order valence-electron chi connectivity index (χ4n) is 4.29. The van der Waals surface area contributed by atoms with E-state index in [4.69, 9.17) is 4.74 Å². The largest absolute Gasteiger partial charge is 0.508 e. The number of amides is 1. The van der Waals surface area contributed by atoms with Crippen LogP contribution in [0.15, 0.2) is 109 Å². The molecule has 4 aromatic rings. The lowest BCUT2D eigenvalue weighted by Gasteiger charge is -2.25. The molecule has 1 saturated heterocycles. The van der Waals surface area contributed by atoms with E-state index in [1.165, 1.54) is 47.4 Å². The number of hydrogen-bond donors (Lipinski definition) is 2. The van der Waals surface area contributed by atoms with E-state index in [0.29, 0.717) is 22.7 Å². The number of rotatable bonds is 6. The Morgan fingerprint density at radius 1 is 0.842 bits per heavy atom. The van der Waals surface area contributed by atoms with E-state index in [9.17, 15) is 29.9 Å². The fraction of sp³-hybridized carbons (Fsp3) is 0.0345. The van der Waals surface area contributed by atoms with Crippen molar-refractivity contribution < 1.29 is 29.5 Å². The number of nitro groups is 1. The van der Waals surface area contributed by atoms with Gasteiger partial charge >= 0.3 is 0 Å². The first-order chi connectivity index (χ1) is 18.3. The maximum Gasteiger partial charge on any atom is 0.300 e. The molecule has 0 radical (unpaired) electrons. The molecule has 0 spiro atoms. The van der Waals surface area contributed by atoms with E-state index < -0.39 is 28.4 Å². The highest BCUT2D eigenvalue weighted by atomic mass is 16.6. The number of nitro benzene ring substituents is 1. The maximum absolute atomic E-state index is 13.3. The number of carbonyl (C=O) groups is 2. The molecule has 0 aromatic heterocycles. The van der Waals surface area contributed by atoms with Gasteiger partial charge in [-0.05, 0) is 54.1 Å². The lowest BCUT2D eigenvalue weighted by atomic mass is 9.95. The number of ketones is 1. The van der Waals surface area contributed by atoms with Crippen LogP contribution < -0.4 is 9.64 Å². The number of aromatic hydroxyl groups is 1. The minimum absolute atomic E-state index is 0.0209. The molecule has 1 aliphatic rings. The number of carbonyl (C=O) groups excluding carboxylic acids is 2. The van der Waals surface area contributed by atoms with Gasteiger partial charge in [-0.1, -0.05) is 42.5 Å². The molecular formula is C29H20N2O7. The first kappa shape index (κ1) is 24.3. The predicted octanol–water partition coefficient (Wildman–Crippen LogP) is 5.72. The first-order valence-corrected chi connectivity index (χ1v) is 11.5. The van der Waals surface area contributed by atoms with Gasteiger partial charge in [0.05, 0.1) is 16.5 Å². The molecule has 1 unspecified atom stereocenters. The van der Waals surface area contributed by atoms with Gasteiger partial charge in [0.25, 0.3) is 17.4 Å². The molecule has 1 atom stereocenters. The zero-order valence-corrected chi connectivity index (χ0v) is 19.7. The highest BCUT2D eigenvalue weighted by Gasteiger charge is 2.47. The van der Waals surface area contributed by atoms with Crippen molar-refractivity contribution in [3.63, 3.8) is 0 Å². The summed E-state index contributed by atoms with van der Waals surface area (Å²) in [7, 11) is 0. The van der Waals surface area contributed by atoms with Crippen molar-refractivity contribution in [1.82, 2.24) is 0 Å². The lowest BCUT2D eigenvalue weighted by molar-refractivity contribution is -0.384. The quantitative estimate of drug-likeness (QED) is 0.112. The van der Waals surface area contributed by atoms with E-state index in [0.717, 1.165) is 6.07 Å². The SMILES string of the molecule is O=C1C(=O)N(c2ccc(Oc3ccccc3)cc2)C(c2ccc(O)cc2)/C1=C(/O)c1cccc([N+](=O)[O-])c1. The highest BCUT2D eigenvalue weighted by molar-refractivity contribution is 6.51. The van der Waals surface area contributed by atoms with Crippen molar-refractivity contribution in [3.05, 3.63) is 130 Å². The summed E-state index contributed by atoms with van der Waals surface area (Å²) in [4.78, 5) is 38.4. The summed E-state index contributed by atoms with van der Waals surface area (Å²) in [6, 6.07) is 25.7. The van der Waals surface area contributed by atoms with Crippen LogP contribution in [0.3, 0.4) is 0 Å². The minimum Gasteiger partial charge on any atom is -0.508 e. The van der Waals surface area contributed by atoms with Crippen molar-refractivity contribution in [3.8, 4) is 17.2 Å². The molecule has 4 aromatic carbocycles. The molecule has 188 valence electrons. The molecular weight excluding hydrogens is 488 g/mol. The van der Waals surface area contributed by atoms with Crippen LogP contribution in [-0.2, 0) is 9.59 Å². The molecule has 0 saturated carbocycles. The fourth-order valence-corrected chi connectivity index (χ4v) is 4.29. The summed E-state index contributed by atoms with van der Waals surface area (Å²) in [6.07, 6.45) is 0. The van der Waals surface area contributed by atoms with E-state index in [1.54, 1.807) is 36.4 Å². The normalized spacial score (nSPS) is 16.4. The van der Waals surface area contributed by atoms with Gasteiger partial charge in [0, 0.05) is 23.4 Å². The van der Waals surface area contributed by atoms with E-state index in [-0.39, 0.29) is 22.6 Å². The average molecular weight is 508 g/mol. The van der Waals surface area contributed by atoms with Gasteiger partial charge in [0.15, 0.2) is 0 Å². The number of hydrogen-bond acceptors (Lipinski definition) is 7.